The first-order valence-corrected chi connectivity index (χ1v) is 11.7. The molecule has 0 amide bonds. The van der Waals surface area contributed by atoms with E-state index in [1.807, 2.05) is 0 Å². The lowest BCUT2D eigenvalue weighted by atomic mass is 10.1. The summed E-state index contributed by atoms with van der Waals surface area (Å²) in [6, 6.07) is 0. The van der Waals surface area contributed by atoms with Crippen LogP contribution >= 0.6 is 0 Å². The first-order chi connectivity index (χ1) is 13.9. The molecule has 0 N–H and O–H groups in total. The third-order valence-corrected chi connectivity index (χ3v) is 6.23. The second kappa shape index (κ2) is 12.0. The zero-order valence-electron chi connectivity index (χ0n) is 17.5. The van der Waals surface area contributed by atoms with E-state index in [0.717, 1.165) is 0 Å². The van der Waals surface area contributed by atoms with Gasteiger partial charge in [0.1, 0.15) is 15.0 Å². The number of unbranched alkanes of at least 4 members (excludes halogenated alkanes) is 5. The molecule has 174 valence electrons. The molecule has 10 heteroatoms. The normalized spacial score (nSPS) is 16.1. The minimum absolute atomic E-state index is 1.37. The third kappa shape index (κ3) is 7.77. The monoisotopic (exact) mass is 459 g/mol. The van der Waals surface area contributed by atoms with Gasteiger partial charge in [0, 0.05) is 0 Å². The Hall–Kier alpha value is -1.26. The fourth-order valence-corrected chi connectivity index (χ4v) is 4.20. The van der Waals surface area contributed by atoms with Crippen molar-refractivity contribution < 1.29 is 39.4 Å². The molecule has 0 bridgehead atoms. The van der Waals surface area contributed by atoms with Gasteiger partial charge in [0.2, 0.25) is 5.82 Å². The van der Waals surface area contributed by atoms with E-state index in [1.165, 1.54) is 81.9 Å². The van der Waals surface area contributed by atoms with Crippen LogP contribution in [0.1, 0.15) is 64.7 Å². The Labute approximate surface area is 175 Å². The van der Waals surface area contributed by atoms with Gasteiger partial charge in [-0.1, -0.05) is 32.6 Å². The zero-order chi connectivity index (χ0) is 22.9. The smallest absolute Gasteiger partial charge is 0.200 e. The number of likely N-dealkylation sites (tertiary alicyclic amines) is 1. The number of benzene rings is 1. The Morgan fingerprint density at radius 2 is 1.20 bits per heavy atom. The number of rotatable bonds is 8. The highest BCUT2D eigenvalue weighted by atomic mass is 32.2. The summed E-state index contributed by atoms with van der Waals surface area (Å²) >= 11 is 0. The summed E-state index contributed by atoms with van der Waals surface area (Å²) < 4.78 is 94.3. The summed E-state index contributed by atoms with van der Waals surface area (Å²) in [5.74, 6) is -12.8. The molecule has 0 aliphatic carbocycles. The van der Waals surface area contributed by atoms with Gasteiger partial charge in [-0.15, -0.1) is 0 Å². The van der Waals surface area contributed by atoms with Gasteiger partial charge < -0.3 is 9.04 Å². The van der Waals surface area contributed by atoms with Gasteiger partial charge in [0.25, 0.3) is 0 Å². The first-order valence-electron chi connectivity index (χ1n) is 10.3. The molecule has 1 aromatic rings. The van der Waals surface area contributed by atoms with Crippen molar-refractivity contribution in [2.24, 2.45) is 0 Å². The Morgan fingerprint density at radius 3 is 1.67 bits per heavy atom. The van der Waals surface area contributed by atoms with Crippen LogP contribution in [-0.4, -0.2) is 44.1 Å². The highest BCUT2D eigenvalue weighted by molar-refractivity contribution is 7.85. The second-order valence-electron chi connectivity index (χ2n) is 7.97. The van der Waals surface area contributed by atoms with Crippen LogP contribution in [0.5, 0.6) is 0 Å². The fraction of sp³-hybridized carbons (Fsp3) is 0.700. The van der Waals surface area contributed by atoms with Crippen LogP contribution in [-0.2, 0) is 10.1 Å². The molecule has 0 radical (unpaired) electrons. The molecule has 1 heterocycles. The van der Waals surface area contributed by atoms with Gasteiger partial charge in [0.15, 0.2) is 23.3 Å². The minimum Gasteiger partial charge on any atom is -0.744 e. The SMILES string of the molecule is CCCCCCCC[N+]1(C)CCCCC1.O=S(=O)([O-])c1c(F)c(F)c(F)c(F)c1F. The summed E-state index contributed by atoms with van der Waals surface area (Å²) in [5.41, 5.74) is 0. The van der Waals surface area contributed by atoms with Gasteiger partial charge in [-0.2, -0.15) is 0 Å². The van der Waals surface area contributed by atoms with Gasteiger partial charge in [-0.3, -0.25) is 0 Å². The number of quaternary nitrogens is 1. The molecule has 1 aliphatic rings. The van der Waals surface area contributed by atoms with Gasteiger partial charge in [-0.05, 0) is 32.1 Å². The lowest BCUT2D eigenvalue weighted by Crippen LogP contribution is -2.48. The van der Waals surface area contributed by atoms with Crippen molar-refractivity contribution in [3.05, 3.63) is 29.1 Å². The van der Waals surface area contributed by atoms with Crippen molar-refractivity contribution in [3.8, 4) is 0 Å². The Bertz CT molecular complexity index is 767. The van der Waals surface area contributed by atoms with Gasteiger partial charge >= 0.3 is 0 Å². The molecule has 0 spiro atoms. The zero-order valence-corrected chi connectivity index (χ0v) is 18.3. The van der Waals surface area contributed by atoms with Crippen LogP contribution in [0.2, 0.25) is 0 Å². The van der Waals surface area contributed by atoms with Gasteiger partial charge in [-0.25, -0.2) is 30.4 Å². The van der Waals surface area contributed by atoms with E-state index in [0.29, 0.717) is 0 Å². The second-order valence-corrected chi connectivity index (χ2v) is 9.29. The lowest BCUT2D eigenvalue weighted by molar-refractivity contribution is -0.914. The molecule has 30 heavy (non-hydrogen) atoms. The molecule has 1 fully saturated rings. The molecule has 0 atom stereocenters. The first kappa shape index (κ1) is 26.8. The summed E-state index contributed by atoms with van der Waals surface area (Å²) in [4.78, 5) is -2.38. The predicted octanol–water partition coefficient (Wildman–Crippen LogP) is 5.26. The van der Waals surface area contributed by atoms with E-state index in [2.05, 4.69) is 14.0 Å². The van der Waals surface area contributed by atoms with E-state index in [-0.39, 0.29) is 0 Å². The van der Waals surface area contributed by atoms with E-state index < -0.39 is 44.1 Å². The maximum absolute atomic E-state index is 12.6. The third-order valence-electron chi connectivity index (χ3n) is 5.37. The van der Waals surface area contributed by atoms with Crippen molar-refractivity contribution in [3.63, 3.8) is 0 Å². The van der Waals surface area contributed by atoms with Crippen molar-refractivity contribution in [2.45, 2.75) is 69.6 Å². The van der Waals surface area contributed by atoms with Crippen LogP contribution in [0.3, 0.4) is 0 Å². The standard InChI is InChI=1S/C14H30N.C6HF5O3S/c1-3-4-5-6-7-9-12-15(2)13-10-8-11-14-15;7-1-2(8)4(10)6(15(12,13)14)5(11)3(1)9/h3-14H2,1-2H3;(H,12,13,14)/q+1;/p-1. The van der Waals surface area contributed by atoms with Crippen molar-refractivity contribution in [1.29, 1.82) is 0 Å². The van der Waals surface area contributed by atoms with Crippen LogP contribution in [0.15, 0.2) is 4.90 Å². The van der Waals surface area contributed by atoms with E-state index >= 15 is 0 Å². The summed E-state index contributed by atoms with van der Waals surface area (Å²) in [7, 11) is -3.31. The minimum atomic E-state index is -5.77. The Kier molecular flexibility index (Phi) is 10.7. The molecule has 0 aromatic heterocycles. The predicted molar refractivity (Wildman–Crippen MR) is 102 cm³/mol. The molecular weight excluding hydrogens is 429 g/mol. The summed E-state index contributed by atoms with van der Waals surface area (Å²) in [6.45, 7) is 6.61. The molecular formula is C20H30F5NO3S. The maximum Gasteiger partial charge on any atom is 0.200 e. The number of piperidine rings is 1. The van der Waals surface area contributed by atoms with Crippen molar-refractivity contribution in [1.82, 2.24) is 0 Å². The summed E-state index contributed by atoms with van der Waals surface area (Å²) in [5, 5.41) is 0. The number of hydrogen-bond donors (Lipinski definition) is 0. The maximum atomic E-state index is 12.6. The molecule has 0 saturated carbocycles. The van der Waals surface area contributed by atoms with Crippen molar-refractivity contribution >= 4 is 10.1 Å². The van der Waals surface area contributed by atoms with Gasteiger partial charge in [0.05, 0.1) is 26.7 Å². The average molecular weight is 460 g/mol. The topological polar surface area (TPSA) is 57.2 Å². The summed E-state index contributed by atoms with van der Waals surface area (Å²) in [6.07, 6.45) is 13.1. The molecule has 2 rings (SSSR count). The van der Waals surface area contributed by atoms with Crippen LogP contribution in [0.4, 0.5) is 22.0 Å². The van der Waals surface area contributed by atoms with E-state index in [9.17, 15) is 34.9 Å². The van der Waals surface area contributed by atoms with E-state index in [4.69, 9.17) is 0 Å². The molecule has 1 saturated heterocycles. The molecule has 1 aromatic carbocycles. The molecule has 1 aliphatic heterocycles. The van der Waals surface area contributed by atoms with Crippen LogP contribution in [0, 0.1) is 29.1 Å². The Morgan fingerprint density at radius 1 is 0.767 bits per heavy atom. The quantitative estimate of drug-likeness (QED) is 0.133. The number of hydrogen-bond acceptors (Lipinski definition) is 3. The number of halogens is 5. The van der Waals surface area contributed by atoms with Crippen LogP contribution < -0.4 is 0 Å². The van der Waals surface area contributed by atoms with Crippen molar-refractivity contribution in [2.75, 3.05) is 26.7 Å². The van der Waals surface area contributed by atoms with E-state index in [1.54, 1.807) is 0 Å². The largest absolute Gasteiger partial charge is 0.744 e. The molecule has 4 nitrogen and oxygen atoms in total. The number of nitrogens with zero attached hydrogens (tertiary/aromatic N) is 1. The fourth-order valence-electron chi connectivity index (χ4n) is 3.58. The highest BCUT2D eigenvalue weighted by Gasteiger charge is 2.29. The average Bonchev–Trinajstić information content (AvgIpc) is 2.68. The lowest BCUT2D eigenvalue weighted by Gasteiger charge is -2.37. The highest BCUT2D eigenvalue weighted by Crippen LogP contribution is 2.26. The Balaban J connectivity index is 0.000000300. The molecule has 0 unspecified atom stereocenters. The van der Waals surface area contributed by atoms with Crippen LogP contribution in [0.25, 0.3) is 0 Å².